The van der Waals surface area contributed by atoms with E-state index in [2.05, 4.69) is 30.4 Å². The number of nitrogens with zero attached hydrogens (tertiary/aromatic N) is 12. The molecule has 12 rings (SSSR count). The fourth-order valence-corrected chi connectivity index (χ4v) is 8.52. The van der Waals surface area contributed by atoms with Crippen LogP contribution in [-0.2, 0) is 27.2 Å². The number of aryl methyl sites for hydroxylation is 4. The third kappa shape index (κ3) is 8.82. The number of hydrogen-bond acceptors (Lipinski definition) is 10. The van der Waals surface area contributed by atoms with Crippen molar-refractivity contribution >= 4 is 68.1 Å². The average Bonchev–Trinajstić information content (AvgIpc) is 4.18. The van der Waals surface area contributed by atoms with Gasteiger partial charge in [0.1, 0.15) is 16.1 Å². The van der Waals surface area contributed by atoms with Gasteiger partial charge in [-0.05, 0) is 99.9 Å². The molecule has 2 N–H and O–H groups in total. The SMILES string of the molecule is Cc1ccc(-c2c(=O)n(-c3ccc4nn(C)cc4c3)nc3c(F)cn(CC4CC4)c23)cn1.Cc1ccc(B(O)O)cn1.Cn1cc2cc(-n3nc4c(F)cn(CC5CC5)c4c(Cl)c3=O)ccc2n1. The molecule has 0 aliphatic heterocycles. The van der Waals surface area contributed by atoms with E-state index in [9.17, 15) is 14.0 Å². The van der Waals surface area contributed by atoms with Crippen molar-refractivity contribution in [2.45, 2.75) is 52.6 Å². The Hall–Kier alpha value is -7.35. The fraction of sp³-hybridized carbons (Fsp3) is 0.250. The van der Waals surface area contributed by atoms with E-state index in [1.165, 1.54) is 23.3 Å². The highest BCUT2D eigenvalue weighted by atomic mass is 35.5. The summed E-state index contributed by atoms with van der Waals surface area (Å²) >= 11 is 6.35. The number of aromatic nitrogens is 12. The minimum absolute atomic E-state index is 0.00849. The van der Waals surface area contributed by atoms with E-state index in [-0.39, 0.29) is 21.6 Å². The van der Waals surface area contributed by atoms with Gasteiger partial charge in [0.05, 0.1) is 39.0 Å². The molecule has 8 aromatic heterocycles. The highest BCUT2D eigenvalue weighted by Crippen LogP contribution is 2.36. The lowest BCUT2D eigenvalue weighted by Gasteiger charge is -2.12. The van der Waals surface area contributed by atoms with Gasteiger partial charge in [0.15, 0.2) is 11.6 Å². The second kappa shape index (κ2) is 17.7. The lowest BCUT2D eigenvalue weighted by atomic mass is 9.82. The molecule has 0 unspecified atom stereocenters. The van der Waals surface area contributed by atoms with Crippen molar-refractivity contribution in [3.05, 3.63) is 147 Å². The number of hydrogen-bond donors (Lipinski definition) is 2. The molecule has 0 amide bonds. The van der Waals surface area contributed by atoms with Gasteiger partial charge >= 0.3 is 7.12 Å². The zero-order valence-electron chi connectivity index (χ0n) is 37.4. The van der Waals surface area contributed by atoms with Crippen LogP contribution < -0.4 is 16.6 Å². The molecule has 2 aliphatic carbocycles. The lowest BCUT2D eigenvalue weighted by Crippen LogP contribution is -2.29. The van der Waals surface area contributed by atoms with Gasteiger partial charge in [0.2, 0.25) is 0 Å². The first-order valence-corrected chi connectivity index (χ1v) is 22.4. The molecule has 2 fully saturated rings. The molecule has 0 radical (unpaired) electrons. The molecule has 2 aliphatic rings. The van der Waals surface area contributed by atoms with Crippen LogP contribution in [0.25, 0.3) is 66.4 Å². The summed E-state index contributed by atoms with van der Waals surface area (Å²) in [5.41, 5.74) is 6.35. The zero-order chi connectivity index (χ0) is 47.5. The Morgan fingerprint density at radius 3 is 1.63 bits per heavy atom. The molecule has 344 valence electrons. The minimum Gasteiger partial charge on any atom is -0.423 e. The number of halogens is 3. The molecular weight excluding hydrogens is 893 g/mol. The predicted octanol–water partition coefficient (Wildman–Crippen LogP) is 6.34. The van der Waals surface area contributed by atoms with E-state index >= 15 is 4.39 Å². The fourth-order valence-electron chi connectivity index (χ4n) is 8.24. The zero-order valence-corrected chi connectivity index (χ0v) is 38.2. The summed E-state index contributed by atoms with van der Waals surface area (Å²) in [6.07, 6.45) is 14.2. The highest BCUT2D eigenvalue weighted by molar-refractivity contribution is 6.58. The second-order valence-electron chi connectivity index (χ2n) is 17.5. The molecule has 0 spiro atoms. The molecule has 2 aromatic carbocycles. The Bertz CT molecular complexity index is 3670. The van der Waals surface area contributed by atoms with Crippen molar-refractivity contribution < 1.29 is 18.8 Å². The second-order valence-corrected chi connectivity index (χ2v) is 17.9. The first-order chi connectivity index (χ1) is 32.7. The van der Waals surface area contributed by atoms with Gasteiger partial charge in [-0.1, -0.05) is 23.7 Å². The van der Waals surface area contributed by atoms with Gasteiger partial charge < -0.3 is 19.2 Å². The van der Waals surface area contributed by atoms with Gasteiger partial charge in [0.25, 0.3) is 11.1 Å². The molecular formula is C48H44BClF2N12O4. The summed E-state index contributed by atoms with van der Waals surface area (Å²) < 4.78 is 39.0. The van der Waals surface area contributed by atoms with Gasteiger partial charge in [-0.25, -0.2) is 8.78 Å². The van der Waals surface area contributed by atoms with Crippen molar-refractivity contribution in [3.8, 4) is 22.5 Å². The van der Waals surface area contributed by atoms with E-state index in [0.717, 1.165) is 63.6 Å². The Kier molecular flexibility index (Phi) is 11.6. The van der Waals surface area contributed by atoms with E-state index < -0.39 is 24.3 Å². The Morgan fingerprint density at radius 1 is 0.647 bits per heavy atom. The Labute approximate surface area is 391 Å². The molecule has 20 heteroatoms. The van der Waals surface area contributed by atoms with Crippen LogP contribution in [0.2, 0.25) is 5.02 Å². The van der Waals surface area contributed by atoms with Crippen molar-refractivity contribution in [1.82, 2.24) is 58.2 Å². The quantitative estimate of drug-likeness (QED) is 0.163. The Morgan fingerprint density at radius 2 is 1.15 bits per heavy atom. The lowest BCUT2D eigenvalue weighted by molar-refractivity contribution is 0.425. The van der Waals surface area contributed by atoms with Crippen LogP contribution in [-0.4, -0.2) is 75.4 Å². The first-order valence-electron chi connectivity index (χ1n) is 22.1. The van der Waals surface area contributed by atoms with Crippen molar-refractivity contribution in [2.75, 3.05) is 0 Å². The molecule has 8 heterocycles. The van der Waals surface area contributed by atoms with Crippen LogP contribution in [0, 0.1) is 37.3 Å². The molecule has 0 atom stereocenters. The summed E-state index contributed by atoms with van der Waals surface area (Å²) in [6, 6.07) is 17.9. The first kappa shape index (κ1) is 44.5. The average molecular weight is 937 g/mol. The molecule has 2 saturated carbocycles. The van der Waals surface area contributed by atoms with Crippen LogP contribution in [0.4, 0.5) is 8.78 Å². The summed E-state index contributed by atoms with van der Waals surface area (Å²) in [7, 11) is 2.26. The van der Waals surface area contributed by atoms with E-state index in [4.69, 9.17) is 21.6 Å². The third-order valence-corrected chi connectivity index (χ3v) is 12.4. The van der Waals surface area contributed by atoms with E-state index in [1.807, 2.05) is 69.2 Å². The summed E-state index contributed by atoms with van der Waals surface area (Å²) in [4.78, 5) is 34.8. The maximum atomic E-state index is 15.1. The normalized spacial score (nSPS) is 13.5. The van der Waals surface area contributed by atoms with Crippen LogP contribution in [0.3, 0.4) is 0 Å². The Balaban J connectivity index is 0.000000134. The monoisotopic (exact) mass is 936 g/mol. The maximum absolute atomic E-state index is 15.1. The number of pyridine rings is 2. The maximum Gasteiger partial charge on any atom is 0.490 e. The van der Waals surface area contributed by atoms with Crippen molar-refractivity contribution in [1.29, 1.82) is 0 Å². The van der Waals surface area contributed by atoms with Crippen LogP contribution in [0.1, 0.15) is 37.1 Å². The molecule has 10 aromatic rings. The number of fused-ring (bicyclic) bond motifs is 4. The minimum atomic E-state index is -1.41. The van der Waals surface area contributed by atoms with Crippen LogP contribution in [0.5, 0.6) is 0 Å². The van der Waals surface area contributed by atoms with Gasteiger partial charge in [-0.2, -0.15) is 29.8 Å². The van der Waals surface area contributed by atoms with E-state index in [0.29, 0.717) is 63.9 Å². The van der Waals surface area contributed by atoms with Crippen molar-refractivity contribution in [2.24, 2.45) is 25.9 Å². The molecule has 68 heavy (non-hydrogen) atoms. The van der Waals surface area contributed by atoms with Crippen LogP contribution in [0.15, 0.2) is 107 Å². The smallest absolute Gasteiger partial charge is 0.423 e. The topological polar surface area (TPSA) is 182 Å². The summed E-state index contributed by atoms with van der Waals surface area (Å²) in [6.45, 7) is 5.07. The van der Waals surface area contributed by atoms with E-state index in [1.54, 1.807) is 56.5 Å². The van der Waals surface area contributed by atoms with Crippen LogP contribution >= 0.6 is 11.6 Å². The van der Waals surface area contributed by atoms with Gasteiger partial charge in [-0.3, -0.25) is 28.9 Å². The number of rotatable bonds is 8. The van der Waals surface area contributed by atoms with Gasteiger partial charge in [0, 0.05) is 97.6 Å². The van der Waals surface area contributed by atoms with Gasteiger partial charge in [-0.15, -0.1) is 0 Å². The highest BCUT2D eigenvalue weighted by Gasteiger charge is 2.28. The third-order valence-electron chi connectivity index (χ3n) is 12.1. The summed E-state index contributed by atoms with van der Waals surface area (Å²) in [5.74, 6) is 0.137. The standard InChI is InChI=1S/C24H21FN6O.C18H15ClFN5O.C6H8BNO2/c1-14-3-6-16(10-26-14)21-23-22(19(25)13-30(23)11-15-4-5-15)28-31(24(21)32)18-7-8-20-17(9-18)12-29(2)27-20;1-23-8-11-6-12(4-5-14(11)21-23)25-18(26)15(19)17-16(22-25)13(20)9-24(17)7-10-2-3-10;1-5-2-3-6(4-8-5)7(9)10/h3,6-10,12-13,15H,4-5,11H2,1-2H3;4-6,8-10H,2-3,7H2,1H3;2-4,9-10H,1H3. The van der Waals surface area contributed by atoms with Crippen molar-refractivity contribution in [3.63, 3.8) is 0 Å². The summed E-state index contributed by atoms with van der Waals surface area (Å²) in [5, 5.41) is 36.4. The largest absolute Gasteiger partial charge is 0.490 e. The number of benzene rings is 2. The predicted molar refractivity (Wildman–Crippen MR) is 256 cm³/mol. The molecule has 0 saturated heterocycles. The molecule has 0 bridgehead atoms. The molecule has 16 nitrogen and oxygen atoms in total.